The quantitative estimate of drug-likeness (QED) is 0.822. The Bertz CT molecular complexity index is 759. The summed E-state index contributed by atoms with van der Waals surface area (Å²) in [6.45, 7) is 5.82. The predicted molar refractivity (Wildman–Crippen MR) is 101 cm³/mol. The van der Waals surface area contributed by atoms with Gasteiger partial charge >= 0.3 is 0 Å². The van der Waals surface area contributed by atoms with Crippen molar-refractivity contribution >= 4 is 39.1 Å². The molecule has 0 radical (unpaired) electrons. The summed E-state index contributed by atoms with van der Waals surface area (Å²) in [7, 11) is 0. The molecule has 0 saturated heterocycles. The first-order valence-electron chi connectivity index (χ1n) is 7.77. The molecule has 2 amide bonds. The number of carbonyl (C=O) groups is 2. The van der Waals surface area contributed by atoms with Gasteiger partial charge in [-0.15, -0.1) is 0 Å². The van der Waals surface area contributed by atoms with Gasteiger partial charge in [-0.2, -0.15) is 0 Å². The van der Waals surface area contributed by atoms with Crippen molar-refractivity contribution in [2.45, 2.75) is 27.2 Å². The van der Waals surface area contributed by atoms with Crippen LogP contribution in [-0.4, -0.2) is 18.4 Å². The third-order valence-electron chi connectivity index (χ3n) is 3.71. The van der Waals surface area contributed by atoms with Crippen molar-refractivity contribution in [1.82, 2.24) is 0 Å². The lowest BCUT2D eigenvalue weighted by Gasteiger charge is -2.23. The van der Waals surface area contributed by atoms with E-state index in [1.54, 1.807) is 4.90 Å². The highest BCUT2D eigenvalue weighted by molar-refractivity contribution is 9.10. The first-order valence-corrected chi connectivity index (χ1v) is 8.57. The molecule has 0 atom stereocenters. The summed E-state index contributed by atoms with van der Waals surface area (Å²) in [5.41, 5.74) is 3.69. The van der Waals surface area contributed by atoms with E-state index in [4.69, 9.17) is 0 Å². The number of nitrogens with one attached hydrogen (secondary N) is 1. The summed E-state index contributed by atoms with van der Waals surface area (Å²) in [6, 6.07) is 13.4. The Morgan fingerprint density at radius 3 is 2.54 bits per heavy atom. The maximum absolute atomic E-state index is 12.2. The first-order chi connectivity index (χ1) is 11.4. The molecule has 2 aromatic carbocycles. The van der Waals surface area contributed by atoms with Crippen molar-refractivity contribution in [3.63, 3.8) is 0 Å². The van der Waals surface area contributed by atoms with Crippen LogP contribution in [0.4, 0.5) is 11.4 Å². The van der Waals surface area contributed by atoms with Gasteiger partial charge in [-0.05, 0) is 49.2 Å². The molecule has 0 saturated carbocycles. The molecule has 0 aliphatic heterocycles. The number of benzene rings is 2. The largest absolute Gasteiger partial charge is 0.326 e. The van der Waals surface area contributed by atoms with Crippen LogP contribution in [0, 0.1) is 13.8 Å². The lowest BCUT2D eigenvalue weighted by Crippen LogP contribution is -2.32. The second-order valence-electron chi connectivity index (χ2n) is 5.77. The minimum atomic E-state index is -0.121. The molecule has 2 rings (SSSR count). The third-order valence-corrected chi connectivity index (χ3v) is 4.20. The summed E-state index contributed by atoms with van der Waals surface area (Å²) < 4.78 is 0.904. The highest BCUT2D eigenvalue weighted by atomic mass is 79.9. The Labute approximate surface area is 151 Å². The SMILES string of the molecule is CC(=O)N(CCC(=O)Nc1cccc(Br)c1)c1cc(C)ccc1C. The predicted octanol–water partition coefficient (Wildman–Crippen LogP) is 4.45. The monoisotopic (exact) mass is 388 g/mol. The molecular weight excluding hydrogens is 368 g/mol. The van der Waals surface area contributed by atoms with Crippen molar-refractivity contribution in [3.05, 3.63) is 58.1 Å². The maximum atomic E-state index is 12.2. The number of rotatable bonds is 5. The Morgan fingerprint density at radius 1 is 1.12 bits per heavy atom. The van der Waals surface area contributed by atoms with Crippen LogP contribution in [0.2, 0.25) is 0 Å². The maximum Gasteiger partial charge on any atom is 0.226 e. The smallest absolute Gasteiger partial charge is 0.226 e. The summed E-state index contributed by atoms with van der Waals surface area (Å²) >= 11 is 3.37. The molecule has 0 spiro atoms. The Hall–Kier alpha value is -2.14. The molecule has 0 heterocycles. The van der Waals surface area contributed by atoms with E-state index in [1.165, 1.54) is 6.92 Å². The van der Waals surface area contributed by atoms with Gasteiger partial charge in [0.2, 0.25) is 11.8 Å². The molecule has 5 heteroatoms. The molecule has 0 unspecified atom stereocenters. The molecule has 126 valence electrons. The van der Waals surface area contributed by atoms with E-state index in [9.17, 15) is 9.59 Å². The van der Waals surface area contributed by atoms with Crippen molar-refractivity contribution in [1.29, 1.82) is 0 Å². The fourth-order valence-corrected chi connectivity index (χ4v) is 2.86. The van der Waals surface area contributed by atoms with E-state index in [0.717, 1.165) is 27.0 Å². The molecule has 1 N–H and O–H groups in total. The number of carbonyl (C=O) groups excluding carboxylic acids is 2. The fourth-order valence-electron chi connectivity index (χ4n) is 2.46. The average molecular weight is 389 g/mol. The van der Waals surface area contributed by atoms with Crippen LogP contribution in [0.3, 0.4) is 0 Å². The number of aryl methyl sites for hydroxylation is 2. The van der Waals surface area contributed by atoms with Crippen LogP contribution in [-0.2, 0) is 9.59 Å². The van der Waals surface area contributed by atoms with Gasteiger partial charge in [0.05, 0.1) is 0 Å². The minimum Gasteiger partial charge on any atom is -0.326 e. The van der Waals surface area contributed by atoms with Crippen molar-refractivity contribution in [2.24, 2.45) is 0 Å². The van der Waals surface area contributed by atoms with Crippen LogP contribution >= 0.6 is 15.9 Å². The van der Waals surface area contributed by atoms with Gasteiger partial charge in [0.15, 0.2) is 0 Å². The second-order valence-corrected chi connectivity index (χ2v) is 6.68. The van der Waals surface area contributed by atoms with E-state index in [1.807, 2.05) is 56.3 Å². The van der Waals surface area contributed by atoms with Crippen LogP contribution < -0.4 is 10.2 Å². The summed E-state index contributed by atoms with van der Waals surface area (Å²) in [6.07, 6.45) is 0.236. The molecule has 2 aromatic rings. The molecule has 24 heavy (non-hydrogen) atoms. The van der Waals surface area contributed by atoms with Crippen molar-refractivity contribution < 1.29 is 9.59 Å². The number of anilines is 2. The zero-order valence-electron chi connectivity index (χ0n) is 14.1. The number of amides is 2. The number of hydrogen-bond donors (Lipinski definition) is 1. The molecule has 0 bridgehead atoms. The third kappa shape index (κ3) is 4.93. The highest BCUT2D eigenvalue weighted by Crippen LogP contribution is 2.22. The number of halogens is 1. The molecule has 0 aliphatic carbocycles. The first kappa shape index (κ1) is 18.2. The Kier molecular flexibility index (Phi) is 6.15. The van der Waals surface area contributed by atoms with Crippen LogP contribution in [0.25, 0.3) is 0 Å². The van der Waals surface area contributed by atoms with Gasteiger partial charge in [0, 0.05) is 35.7 Å². The summed E-state index contributed by atoms with van der Waals surface area (Å²) in [5.74, 6) is -0.191. The highest BCUT2D eigenvalue weighted by Gasteiger charge is 2.15. The van der Waals surface area contributed by atoms with Crippen molar-refractivity contribution in [2.75, 3.05) is 16.8 Å². The van der Waals surface area contributed by atoms with E-state index in [2.05, 4.69) is 21.2 Å². The lowest BCUT2D eigenvalue weighted by atomic mass is 10.1. The molecule has 0 aromatic heterocycles. The normalized spacial score (nSPS) is 10.3. The van der Waals surface area contributed by atoms with Gasteiger partial charge < -0.3 is 10.2 Å². The molecule has 0 fully saturated rings. The molecular formula is C19H21BrN2O2. The standard InChI is InChI=1S/C19H21BrN2O2/c1-13-7-8-14(2)18(11-13)22(15(3)23)10-9-19(24)21-17-6-4-5-16(20)12-17/h4-8,11-12H,9-10H2,1-3H3,(H,21,24). The fraction of sp³-hybridized carbons (Fsp3) is 0.263. The second kappa shape index (κ2) is 8.11. The molecule has 0 aliphatic rings. The van der Waals surface area contributed by atoms with Gasteiger partial charge in [-0.3, -0.25) is 9.59 Å². The Balaban J connectivity index is 2.05. The van der Waals surface area contributed by atoms with E-state index >= 15 is 0 Å². The average Bonchev–Trinajstić information content (AvgIpc) is 2.50. The van der Waals surface area contributed by atoms with E-state index in [-0.39, 0.29) is 18.2 Å². The van der Waals surface area contributed by atoms with Crippen LogP contribution in [0.1, 0.15) is 24.5 Å². The lowest BCUT2D eigenvalue weighted by molar-refractivity contribution is -0.117. The summed E-state index contributed by atoms with van der Waals surface area (Å²) in [4.78, 5) is 25.8. The zero-order chi connectivity index (χ0) is 17.7. The van der Waals surface area contributed by atoms with Gasteiger partial charge in [0.25, 0.3) is 0 Å². The Morgan fingerprint density at radius 2 is 1.88 bits per heavy atom. The summed E-state index contributed by atoms with van der Waals surface area (Å²) in [5, 5.41) is 2.85. The number of nitrogens with zero attached hydrogens (tertiary/aromatic N) is 1. The van der Waals surface area contributed by atoms with Gasteiger partial charge in [-0.25, -0.2) is 0 Å². The van der Waals surface area contributed by atoms with Crippen molar-refractivity contribution in [3.8, 4) is 0 Å². The van der Waals surface area contributed by atoms with E-state index in [0.29, 0.717) is 6.54 Å². The van der Waals surface area contributed by atoms with Gasteiger partial charge in [-0.1, -0.05) is 34.1 Å². The number of hydrogen-bond acceptors (Lipinski definition) is 2. The zero-order valence-corrected chi connectivity index (χ0v) is 15.7. The van der Waals surface area contributed by atoms with Crippen LogP contribution in [0.15, 0.2) is 46.9 Å². The van der Waals surface area contributed by atoms with Gasteiger partial charge in [0.1, 0.15) is 0 Å². The molecule has 4 nitrogen and oxygen atoms in total. The van der Waals surface area contributed by atoms with Crippen LogP contribution in [0.5, 0.6) is 0 Å². The minimum absolute atomic E-state index is 0.0704. The topological polar surface area (TPSA) is 49.4 Å². The van der Waals surface area contributed by atoms with E-state index < -0.39 is 0 Å².